The lowest BCUT2D eigenvalue weighted by Crippen LogP contribution is -2.31. The molecule has 0 aromatic heterocycles. The Balaban J connectivity index is 1.83. The van der Waals surface area contributed by atoms with Gasteiger partial charge in [-0.3, -0.25) is 0 Å². The highest BCUT2D eigenvalue weighted by atomic mass is 16.5. The number of carbonyl (C=O) groups excluding carboxylic acids is 1. The lowest BCUT2D eigenvalue weighted by atomic mass is 9.94. The lowest BCUT2D eigenvalue weighted by Gasteiger charge is -2.31. The van der Waals surface area contributed by atoms with E-state index < -0.39 is 0 Å². The van der Waals surface area contributed by atoms with E-state index in [1.807, 2.05) is 49.4 Å². The van der Waals surface area contributed by atoms with E-state index in [4.69, 9.17) is 4.74 Å². The predicted molar refractivity (Wildman–Crippen MR) is 125 cm³/mol. The van der Waals surface area contributed by atoms with E-state index in [-0.39, 0.29) is 11.7 Å². The number of anilines is 1. The van der Waals surface area contributed by atoms with Crippen molar-refractivity contribution < 1.29 is 14.6 Å². The van der Waals surface area contributed by atoms with Gasteiger partial charge in [0.05, 0.1) is 12.2 Å². The summed E-state index contributed by atoms with van der Waals surface area (Å²) < 4.78 is 5.06. The second-order valence-corrected chi connectivity index (χ2v) is 7.23. The van der Waals surface area contributed by atoms with Crippen LogP contribution in [0.3, 0.4) is 0 Å². The van der Waals surface area contributed by atoms with Gasteiger partial charge >= 0.3 is 5.97 Å². The number of allylic oxidation sites excluding steroid dienone is 5. The highest BCUT2D eigenvalue weighted by Gasteiger charge is 2.20. The number of phenols is 1. The summed E-state index contributed by atoms with van der Waals surface area (Å²) in [6, 6.07) is 11.0. The molecule has 1 heterocycles. The zero-order chi connectivity index (χ0) is 22.2. The van der Waals surface area contributed by atoms with Crippen LogP contribution >= 0.6 is 0 Å². The number of hydrogen-bond acceptors (Lipinski definition) is 4. The van der Waals surface area contributed by atoms with E-state index >= 15 is 0 Å². The van der Waals surface area contributed by atoms with Crippen LogP contribution in [-0.2, 0) is 17.7 Å². The van der Waals surface area contributed by atoms with Crippen LogP contribution in [0, 0.1) is 11.8 Å². The van der Waals surface area contributed by atoms with Crippen molar-refractivity contribution in [3.63, 3.8) is 0 Å². The fourth-order valence-electron chi connectivity index (χ4n) is 3.48. The van der Waals surface area contributed by atoms with Crippen LogP contribution in [0.1, 0.15) is 40.9 Å². The molecule has 0 amide bonds. The average molecular weight is 414 g/mol. The normalized spacial score (nSPS) is 13.0. The van der Waals surface area contributed by atoms with E-state index in [1.165, 1.54) is 0 Å². The van der Waals surface area contributed by atoms with Gasteiger partial charge < -0.3 is 14.7 Å². The minimum absolute atomic E-state index is 0.227. The van der Waals surface area contributed by atoms with Crippen LogP contribution in [0.2, 0.25) is 0 Å². The van der Waals surface area contributed by atoms with E-state index in [2.05, 4.69) is 23.3 Å². The van der Waals surface area contributed by atoms with Crippen LogP contribution in [0.15, 0.2) is 72.9 Å². The van der Waals surface area contributed by atoms with Crippen LogP contribution in [-0.4, -0.2) is 24.2 Å². The number of ether oxygens (including phenoxy) is 1. The van der Waals surface area contributed by atoms with Crippen molar-refractivity contribution in [2.75, 3.05) is 18.1 Å². The largest absolute Gasteiger partial charge is 0.508 e. The van der Waals surface area contributed by atoms with Crippen molar-refractivity contribution in [1.82, 2.24) is 0 Å². The van der Waals surface area contributed by atoms with Gasteiger partial charge in [-0.25, -0.2) is 4.79 Å². The quantitative estimate of drug-likeness (QED) is 0.417. The van der Waals surface area contributed by atoms with E-state index in [9.17, 15) is 9.90 Å². The maximum Gasteiger partial charge on any atom is 0.338 e. The molecule has 0 spiro atoms. The molecule has 2 aromatic rings. The number of fused-ring (bicyclic) bond motifs is 1. The first kappa shape index (κ1) is 22.0. The minimum atomic E-state index is -0.310. The molecular formula is C27H27NO3. The topological polar surface area (TPSA) is 49.8 Å². The van der Waals surface area contributed by atoms with E-state index in [1.54, 1.807) is 25.1 Å². The number of aromatic hydroxyl groups is 1. The van der Waals surface area contributed by atoms with Crippen molar-refractivity contribution in [3.05, 3.63) is 95.1 Å². The Morgan fingerprint density at radius 2 is 2.03 bits per heavy atom. The average Bonchev–Trinajstić information content (AvgIpc) is 2.77. The third kappa shape index (κ3) is 5.67. The Labute approximate surface area is 184 Å². The molecule has 0 bridgehead atoms. The number of rotatable bonds is 5. The zero-order valence-corrected chi connectivity index (χ0v) is 18.0. The molecule has 0 aliphatic carbocycles. The summed E-state index contributed by atoms with van der Waals surface area (Å²) in [6.07, 6.45) is 8.43. The summed E-state index contributed by atoms with van der Waals surface area (Å²) in [5.74, 6) is 6.17. The van der Waals surface area contributed by atoms with Gasteiger partial charge in [0.25, 0.3) is 0 Å². The predicted octanol–water partition coefficient (Wildman–Crippen LogP) is 5.17. The first-order chi connectivity index (χ1) is 15.0. The van der Waals surface area contributed by atoms with Gasteiger partial charge in [-0.15, -0.1) is 0 Å². The van der Waals surface area contributed by atoms with E-state index in [0.29, 0.717) is 24.3 Å². The summed E-state index contributed by atoms with van der Waals surface area (Å²) in [7, 11) is 0. The maximum atomic E-state index is 11.9. The molecule has 0 saturated heterocycles. The lowest BCUT2D eigenvalue weighted by molar-refractivity contribution is 0.0526. The molecule has 4 heteroatoms. The van der Waals surface area contributed by atoms with Gasteiger partial charge in [-0.05, 0) is 73.9 Å². The molecule has 3 rings (SSSR count). The van der Waals surface area contributed by atoms with Gasteiger partial charge in [-0.1, -0.05) is 36.6 Å². The molecule has 0 fully saturated rings. The first-order valence-corrected chi connectivity index (χ1v) is 10.4. The van der Waals surface area contributed by atoms with Crippen molar-refractivity contribution in [2.45, 2.75) is 26.8 Å². The number of esters is 1. The van der Waals surface area contributed by atoms with Gasteiger partial charge in [0.15, 0.2) is 0 Å². The third-order valence-electron chi connectivity index (χ3n) is 5.03. The van der Waals surface area contributed by atoms with Crippen LogP contribution < -0.4 is 4.90 Å². The number of phenolic OH excluding ortho intramolecular Hbond substituents is 1. The maximum absolute atomic E-state index is 11.9. The van der Waals surface area contributed by atoms with Gasteiger partial charge in [0, 0.05) is 29.9 Å². The smallest absolute Gasteiger partial charge is 0.338 e. The fourth-order valence-corrected chi connectivity index (χ4v) is 3.48. The Hall–Kier alpha value is -3.71. The molecule has 4 nitrogen and oxygen atoms in total. The van der Waals surface area contributed by atoms with Gasteiger partial charge in [0.2, 0.25) is 0 Å². The molecule has 0 saturated carbocycles. The van der Waals surface area contributed by atoms with E-state index in [0.717, 1.165) is 35.3 Å². The molecule has 0 radical (unpaired) electrons. The number of hydrogen-bond donors (Lipinski definition) is 1. The second kappa shape index (κ2) is 10.4. The number of nitrogens with zero attached hydrogens (tertiary/aromatic N) is 1. The van der Waals surface area contributed by atoms with Crippen LogP contribution in [0.25, 0.3) is 0 Å². The summed E-state index contributed by atoms with van der Waals surface area (Å²) in [4.78, 5) is 14.1. The zero-order valence-electron chi connectivity index (χ0n) is 18.0. The molecule has 1 aliphatic rings. The van der Waals surface area contributed by atoms with Crippen LogP contribution in [0.5, 0.6) is 5.75 Å². The van der Waals surface area contributed by atoms with Crippen molar-refractivity contribution in [1.29, 1.82) is 0 Å². The summed E-state index contributed by atoms with van der Waals surface area (Å²) >= 11 is 0. The van der Waals surface area contributed by atoms with Crippen LogP contribution in [0.4, 0.5) is 5.69 Å². The number of carbonyl (C=O) groups is 1. The van der Waals surface area contributed by atoms with Crippen molar-refractivity contribution in [2.24, 2.45) is 0 Å². The second-order valence-electron chi connectivity index (χ2n) is 7.23. The highest BCUT2D eigenvalue weighted by Crippen LogP contribution is 2.30. The summed E-state index contributed by atoms with van der Waals surface area (Å²) in [5.41, 5.74) is 5.31. The Morgan fingerprint density at radius 1 is 1.26 bits per heavy atom. The molecule has 0 atom stereocenters. The molecule has 158 valence electrons. The Morgan fingerprint density at radius 3 is 2.74 bits per heavy atom. The van der Waals surface area contributed by atoms with Gasteiger partial charge in [0.1, 0.15) is 5.75 Å². The minimum Gasteiger partial charge on any atom is -0.508 e. The summed E-state index contributed by atoms with van der Waals surface area (Å²) in [5, 5.41) is 10.1. The fraction of sp³-hybridized carbons (Fsp3) is 0.222. The monoisotopic (exact) mass is 413 g/mol. The van der Waals surface area contributed by atoms with Crippen molar-refractivity contribution in [3.8, 4) is 17.6 Å². The molecule has 1 aliphatic heterocycles. The number of benzene rings is 2. The Kier molecular flexibility index (Phi) is 7.35. The SMILES string of the molecule is C=C(C#Cc1cc(O)cc2c1CN(c1ccc(C(=O)OCC)cc1)CC2)/C=C\C=C/C. The highest BCUT2D eigenvalue weighted by molar-refractivity contribution is 5.89. The molecule has 31 heavy (non-hydrogen) atoms. The van der Waals surface area contributed by atoms with Crippen molar-refractivity contribution >= 4 is 11.7 Å². The first-order valence-electron chi connectivity index (χ1n) is 10.4. The molecular weight excluding hydrogens is 386 g/mol. The molecule has 2 aromatic carbocycles. The van der Waals surface area contributed by atoms with Gasteiger partial charge in [-0.2, -0.15) is 0 Å². The Bertz CT molecular complexity index is 1080. The third-order valence-corrected chi connectivity index (χ3v) is 5.03. The molecule has 0 unspecified atom stereocenters. The molecule has 1 N–H and O–H groups in total. The summed E-state index contributed by atoms with van der Waals surface area (Å²) in [6.45, 7) is 9.58. The standard InChI is InChI=1S/C27H27NO3/c1-4-6-7-8-20(3)9-10-22-17-25(29)18-23-15-16-28(19-26(22)23)24-13-11-21(12-14-24)27(30)31-5-2/h4,6-8,11-14,17-18,29H,3,5,15-16,19H2,1-2H3/b6-4-,8-7-.